The first-order chi connectivity index (χ1) is 15.1. The van der Waals surface area contributed by atoms with E-state index in [-0.39, 0.29) is 24.5 Å². The maximum atomic E-state index is 14.7. The Morgan fingerprint density at radius 2 is 1.62 bits per heavy atom. The van der Waals surface area contributed by atoms with Gasteiger partial charge in [0.1, 0.15) is 36.2 Å². The number of aliphatic hydroxyl groups is 1. The fourth-order valence-corrected chi connectivity index (χ4v) is 3.24. The van der Waals surface area contributed by atoms with Gasteiger partial charge in [0.15, 0.2) is 5.82 Å². The molecule has 0 amide bonds. The summed E-state index contributed by atoms with van der Waals surface area (Å²) in [6.45, 7) is -0.676. The molecule has 12 heteroatoms. The molecule has 0 aliphatic carbocycles. The van der Waals surface area contributed by atoms with Crippen LogP contribution in [-0.2, 0) is 24.9 Å². The summed E-state index contributed by atoms with van der Waals surface area (Å²) in [4.78, 5) is 7.86. The summed E-state index contributed by atoms with van der Waals surface area (Å²) in [5.41, 5.74) is -3.10. The van der Waals surface area contributed by atoms with Crippen LogP contribution in [0.25, 0.3) is 11.4 Å². The lowest BCUT2D eigenvalue weighted by atomic mass is 9.92. The number of hydrogen-bond donors (Lipinski definition) is 1. The molecule has 0 spiro atoms. The zero-order valence-electron chi connectivity index (χ0n) is 16.2. The van der Waals surface area contributed by atoms with Gasteiger partial charge in [-0.15, -0.1) is 0 Å². The van der Waals surface area contributed by atoms with E-state index in [0.717, 1.165) is 6.07 Å². The minimum absolute atomic E-state index is 0.223. The smallest absolute Gasteiger partial charge is 0.381 e. The van der Waals surface area contributed by atoms with E-state index in [1.165, 1.54) is 52.6 Å². The molecule has 0 saturated carbocycles. The van der Waals surface area contributed by atoms with Gasteiger partial charge in [-0.3, -0.25) is 0 Å². The molecule has 0 aliphatic rings. The van der Waals surface area contributed by atoms with E-state index < -0.39 is 29.0 Å². The summed E-state index contributed by atoms with van der Waals surface area (Å²) < 4.78 is 69.1. The number of nitrogens with zero attached hydrogens (tertiary/aromatic N) is 6. The van der Waals surface area contributed by atoms with Gasteiger partial charge in [0, 0.05) is 11.1 Å². The van der Waals surface area contributed by atoms with Crippen molar-refractivity contribution in [3.8, 4) is 11.4 Å². The summed E-state index contributed by atoms with van der Waals surface area (Å²) >= 11 is 0. The van der Waals surface area contributed by atoms with Crippen LogP contribution in [0.1, 0.15) is 11.1 Å². The van der Waals surface area contributed by atoms with Crippen LogP contribution >= 0.6 is 0 Å². The van der Waals surface area contributed by atoms with Crippen molar-refractivity contribution in [3.63, 3.8) is 0 Å². The molecule has 166 valence electrons. The first kappa shape index (κ1) is 21.6. The number of hydrogen-bond acceptors (Lipinski definition) is 5. The summed E-state index contributed by atoms with van der Waals surface area (Å²) in [5.74, 6) is -1.45. The van der Waals surface area contributed by atoms with Crippen molar-refractivity contribution in [2.45, 2.75) is 24.9 Å². The monoisotopic (exact) mass is 450 g/mol. The second-order valence-electron chi connectivity index (χ2n) is 7.09. The van der Waals surface area contributed by atoms with Gasteiger partial charge in [-0.05, 0) is 36.4 Å². The van der Waals surface area contributed by atoms with Gasteiger partial charge in [-0.1, -0.05) is 6.07 Å². The molecule has 1 atom stereocenters. The highest BCUT2D eigenvalue weighted by Gasteiger charge is 2.37. The van der Waals surface area contributed by atoms with Crippen LogP contribution < -0.4 is 0 Å². The minimum Gasteiger partial charge on any atom is -0.381 e. The van der Waals surface area contributed by atoms with Crippen molar-refractivity contribution in [1.29, 1.82) is 0 Å². The fourth-order valence-electron chi connectivity index (χ4n) is 3.24. The molecule has 32 heavy (non-hydrogen) atoms. The molecule has 1 N–H and O–H groups in total. The van der Waals surface area contributed by atoms with Crippen LogP contribution in [-0.4, -0.2) is 34.6 Å². The first-order valence-corrected chi connectivity index (χ1v) is 9.21. The van der Waals surface area contributed by atoms with Crippen LogP contribution in [0.4, 0.5) is 22.0 Å². The largest absolute Gasteiger partial charge is 0.416 e. The van der Waals surface area contributed by atoms with Crippen LogP contribution in [0.15, 0.2) is 61.4 Å². The average Bonchev–Trinajstić information content (AvgIpc) is 3.40. The third kappa shape index (κ3) is 4.49. The van der Waals surface area contributed by atoms with Gasteiger partial charge in [-0.25, -0.2) is 28.1 Å². The Bertz CT molecular complexity index is 1210. The number of rotatable bonds is 6. The van der Waals surface area contributed by atoms with E-state index in [4.69, 9.17) is 0 Å². The Morgan fingerprint density at radius 1 is 0.906 bits per heavy atom. The molecule has 0 saturated heterocycles. The SMILES string of the molecule is OC(Cn1cncn1)(Cn1cnc(-c2ccc(F)cc2)n1)c1ccc(C(F)(F)F)cc1F. The molecule has 4 aromatic rings. The molecule has 0 bridgehead atoms. The quantitative estimate of drug-likeness (QED) is 0.456. The highest BCUT2D eigenvalue weighted by molar-refractivity contribution is 5.53. The van der Waals surface area contributed by atoms with Crippen molar-refractivity contribution in [2.75, 3.05) is 0 Å². The van der Waals surface area contributed by atoms with Crippen molar-refractivity contribution in [1.82, 2.24) is 29.5 Å². The number of halogens is 5. The van der Waals surface area contributed by atoms with Gasteiger partial charge in [-0.2, -0.15) is 23.4 Å². The van der Waals surface area contributed by atoms with Crippen LogP contribution in [0.2, 0.25) is 0 Å². The molecule has 4 rings (SSSR count). The Kier molecular flexibility index (Phi) is 5.46. The first-order valence-electron chi connectivity index (χ1n) is 9.21. The lowest BCUT2D eigenvalue weighted by Gasteiger charge is -2.29. The van der Waals surface area contributed by atoms with E-state index in [1.807, 2.05) is 0 Å². The molecule has 2 aromatic carbocycles. The number of benzene rings is 2. The Labute approximate surface area is 177 Å². The second kappa shape index (κ2) is 8.11. The Balaban J connectivity index is 1.69. The molecule has 2 aromatic heterocycles. The summed E-state index contributed by atoms with van der Waals surface area (Å²) in [7, 11) is 0. The van der Waals surface area contributed by atoms with Gasteiger partial charge in [0.2, 0.25) is 0 Å². The van der Waals surface area contributed by atoms with E-state index in [9.17, 15) is 27.1 Å². The standard InChI is InChI=1S/C20H15F5N6O/c21-15-4-1-13(2-5-15)18-27-12-31(29-18)9-19(32,8-30-11-26-10-28-30)16-6-3-14(7-17(16)22)20(23,24)25/h1-7,10-12,32H,8-9H2. The van der Waals surface area contributed by atoms with Gasteiger partial charge < -0.3 is 5.11 Å². The van der Waals surface area contributed by atoms with Crippen molar-refractivity contribution in [2.24, 2.45) is 0 Å². The molecule has 1 unspecified atom stereocenters. The number of aromatic nitrogens is 6. The molecule has 0 fully saturated rings. The van der Waals surface area contributed by atoms with Gasteiger partial charge in [0.25, 0.3) is 0 Å². The second-order valence-corrected chi connectivity index (χ2v) is 7.09. The predicted octanol–water partition coefficient (Wildman–Crippen LogP) is 3.42. The molecule has 0 radical (unpaired) electrons. The predicted molar refractivity (Wildman–Crippen MR) is 101 cm³/mol. The molecular formula is C20H15F5N6O. The molecule has 0 aliphatic heterocycles. The summed E-state index contributed by atoms with van der Waals surface area (Å²) in [5, 5.41) is 19.4. The number of alkyl halides is 3. The highest BCUT2D eigenvalue weighted by Crippen LogP contribution is 2.34. The van der Waals surface area contributed by atoms with E-state index in [2.05, 4.69) is 20.2 Å². The van der Waals surface area contributed by atoms with E-state index >= 15 is 0 Å². The van der Waals surface area contributed by atoms with E-state index in [1.54, 1.807) is 0 Å². The van der Waals surface area contributed by atoms with Gasteiger partial charge in [0.05, 0.1) is 18.7 Å². The summed E-state index contributed by atoms with van der Waals surface area (Å²) in [6, 6.07) is 7.29. The topological polar surface area (TPSA) is 81.6 Å². The zero-order valence-corrected chi connectivity index (χ0v) is 16.2. The van der Waals surface area contributed by atoms with Crippen molar-refractivity contribution < 1.29 is 27.1 Å². The van der Waals surface area contributed by atoms with Crippen LogP contribution in [0.5, 0.6) is 0 Å². The minimum atomic E-state index is -4.74. The average molecular weight is 450 g/mol. The third-order valence-corrected chi connectivity index (χ3v) is 4.75. The van der Waals surface area contributed by atoms with Crippen LogP contribution in [0, 0.1) is 11.6 Å². The van der Waals surface area contributed by atoms with Gasteiger partial charge >= 0.3 is 6.18 Å². The maximum Gasteiger partial charge on any atom is 0.416 e. The fraction of sp³-hybridized carbons (Fsp3) is 0.200. The highest BCUT2D eigenvalue weighted by atomic mass is 19.4. The normalized spacial score (nSPS) is 13.8. The lowest BCUT2D eigenvalue weighted by Crippen LogP contribution is -2.37. The molecule has 2 heterocycles. The Morgan fingerprint density at radius 3 is 2.25 bits per heavy atom. The van der Waals surface area contributed by atoms with Crippen molar-refractivity contribution in [3.05, 3.63) is 84.2 Å². The van der Waals surface area contributed by atoms with Crippen molar-refractivity contribution >= 4 is 0 Å². The van der Waals surface area contributed by atoms with E-state index in [0.29, 0.717) is 17.7 Å². The van der Waals surface area contributed by atoms with Crippen LogP contribution in [0.3, 0.4) is 0 Å². The Hall–Kier alpha value is -3.67. The molecule has 7 nitrogen and oxygen atoms in total. The summed E-state index contributed by atoms with van der Waals surface area (Å²) in [6.07, 6.45) is -0.990. The third-order valence-electron chi connectivity index (χ3n) is 4.75. The maximum absolute atomic E-state index is 14.7. The zero-order chi connectivity index (χ0) is 22.9. The molecular weight excluding hydrogens is 435 g/mol. The lowest BCUT2D eigenvalue weighted by molar-refractivity contribution is -0.137.